The standard InChI is InChI=1S/C51H98O12S/c1-3-5-7-9-11-13-15-17-19-21-22-23-24-25-26-28-30-32-34-36-38-40-47(53)61-45(44-60-51-49(55)50(63-64(56,57)58)48(54)46(42-52)62-51)43-59-41-39-37-35-33-31-29-27-20-18-16-14-12-10-8-6-4-2/h21-22,45-46,48-52,54-55H,3-20,23-44H2,1-2H3,(H,56,57,58)/b22-21-. The molecule has 1 saturated heterocycles. The van der Waals surface area contributed by atoms with E-state index in [1.807, 2.05) is 0 Å². The third-order valence-corrected chi connectivity index (χ3v) is 12.9. The molecule has 1 aliphatic rings. The number of allylic oxidation sites excluding steroid dienone is 2. The van der Waals surface area contributed by atoms with Gasteiger partial charge in [0.2, 0.25) is 0 Å². The Hall–Kier alpha value is -1.16. The van der Waals surface area contributed by atoms with Crippen molar-refractivity contribution in [3.05, 3.63) is 12.2 Å². The van der Waals surface area contributed by atoms with Crippen LogP contribution in [-0.4, -0.2) is 97.5 Å². The van der Waals surface area contributed by atoms with Crippen LogP contribution in [0.15, 0.2) is 12.2 Å². The summed E-state index contributed by atoms with van der Waals surface area (Å²) in [6.07, 6.45) is 39.6. The van der Waals surface area contributed by atoms with E-state index in [0.29, 0.717) is 13.0 Å². The summed E-state index contributed by atoms with van der Waals surface area (Å²) in [5, 5.41) is 30.8. The Morgan fingerprint density at radius 3 is 1.41 bits per heavy atom. The van der Waals surface area contributed by atoms with Gasteiger partial charge in [-0.2, -0.15) is 8.42 Å². The summed E-state index contributed by atoms with van der Waals surface area (Å²) in [7, 11) is -5.06. The first-order valence-corrected chi connectivity index (χ1v) is 27.8. The predicted molar refractivity (Wildman–Crippen MR) is 258 cm³/mol. The van der Waals surface area contributed by atoms with Gasteiger partial charge < -0.3 is 34.3 Å². The minimum absolute atomic E-state index is 0.0416. The van der Waals surface area contributed by atoms with Crippen molar-refractivity contribution in [1.82, 2.24) is 0 Å². The highest BCUT2D eigenvalue weighted by Gasteiger charge is 2.48. The quantitative estimate of drug-likeness (QED) is 0.0197. The molecule has 0 aromatic rings. The van der Waals surface area contributed by atoms with Crippen LogP contribution < -0.4 is 0 Å². The van der Waals surface area contributed by atoms with Gasteiger partial charge in [0.25, 0.3) is 0 Å². The average Bonchev–Trinajstić information content (AvgIpc) is 3.27. The van der Waals surface area contributed by atoms with E-state index >= 15 is 0 Å². The third-order valence-electron chi connectivity index (χ3n) is 12.4. The zero-order valence-corrected chi connectivity index (χ0v) is 41.7. The van der Waals surface area contributed by atoms with Crippen molar-refractivity contribution in [1.29, 1.82) is 0 Å². The van der Waals surface area contributed by atoms with Gasteiger partial charge >= 0.3 is 16.4 Å². The molecule has 1 heterocycles. The van der Waals surface area contributed by atoms with E-state index in [0.717, 1.165) is 38.5 Å². The van der Waals surface area contributed by atoms with Crippen molar-refractivity contribution in [2.75, 3.05) is 26.4 Å². The van der Waals surface area contributed by atoms with Crippen LogP contribution >= 0.6 is 0 Å². The molecule has 380 valence electrons. The monoisotopic (exact) mass is 935 g/mol. The van der Waals surface area contributed by atoms with E-state index in [4.69, 9.17) is 18.9 Å². The summed E-state index contributed by atoms with van der Waals surface area (Å²) in [4.78, 5) is 12.9. The number of aliphatic hydroxyl groups excluding tert-OH is 3. The lowest BCUT2D eigenvalue weighted by Gasteiger charge is -2.41. The van der Waals surface area contributed by atoms with Gasteiger partial charge in [0.05, 0.1) is 19.8 Å². The summed E-state index contributed by atoms with van der Waals surface area (Å²) in [6.45, 7) is 4.04. The molecule has 0 aromatic carbocycles. The zero-order valence-electron chi connectivity index (χ0n) is 40.9. The molecule has 0 saturated carbocycles. The number of rotatable bonds is 47. The molecule has 1 rings (SSSR count). The molecule has 13 heteroatoms. The molecular weight excluding hydrogens is 837 g/mol. The second-order valence-electron chi connectivity index (χ2n) is 18.5. The zero-order chi connectivity index (χ0) is 46.8. The van der Waals surface area contributed by atoms with Gasteiger partial charge in [-0.1, -0.05) is 212 Å². The van der Waals surface area contributed by atoms with Gasteiger partial charge in [0, 0.05) is 13.0 Å². The Morgan fingerprint density at radius 2 is 0.984 bits per heavy atom. The van der Waals surface area contributed by atoms with Crippen LogP contribution in [0, 0.1) is 0 Å². The van der Waals surface area contributed by atoms with Crippen molar-refractivity contribution in [3.8, 4) is 0 Å². The largest absolute Gasteiger partial charge is 0.457 e. The Bertz CT molecular complexity index is 1170. The minimum Gasteiger partial charge on any atom is -0.457 e. The Morgan fingerprint density at radius 1 is 0.578 bits per heavy atom. The molecule has 6 unspecified atom stereocenters. The number of aliphatic hydroxyl groups is 3. The molecule has 4 N–H and O–H groups in total. The van der Waals surface area contributed by atoms with Crippen LogP contribution in [-0.2, 0) is 38.3 Å². The van der Waals surface area contributed by atoms with Crippen LogP contribution in [0.4, 0.5) is 0 Å². The predicted octanol–water partition coefficient (Wildman–Crippen LogP) is 12.2. The number of carbonyl (C=O) groups is 1. The van der Waals surface area contributed by atoms with Crippen molar-refractivity contribution in [2.45, 2.75) is 282 Å². The molecule has 1 aliphatic heterocycles. The van der Waals surface area contributed by atoms with Crippen LogP contribution in [0.1, 0.15) is 245 Å². The van der Waals surface area contributed by atoms with Crippen molar-refractivity contribution in [3.63, 3.8) is 0 Å². The van der Waals surface area contributed by atoms with Gasteiger partial charge in [-0.3, -0.25) is 9.35 Å². The molecular formula is C51H98O12S. The summed E-state index contributed by atoms with van der Waals surface area (Å²) in [6, 6.07) is 0. The second kappa shape index (κ2) is 43.1. The van der Waals surface area contributed by atoms with E-state index in [1.54, 1.807) is 0 Å². The van der Waals surface area contributed by atoms with Gasteiger partial charge in [-0.05, 0) is 38.5 Å². The van der Waals surface area contributed by atoms with Gasteiger partial charge in [0.15, 0.2) is 6.29 Å². The van der Waals surface area contributed by atoms with E-state index in [-0.39, 0.29) is 19.6 Å². The highest BCUT2D eigenvalue weighted by molar-refractivity contribution is 7.80. The lowest BCUT2D eigenvalue weighted by Crippen LogP contribution is -2.60. The SMILES string of the molecule is CCCCCCCCCC/C=C\CCCCCCCCCCCC(=O)OC(COCCCCCCCCCCCCCCCCCC)COC1OC(CO)C(O)C(OS(=O)(=O)O)C1O. The number of esters is 1. The fourth-order valence-corrected chi connectivity index (χ4v) is 8.88. The van der Waals surface area contributed by atoms with Gasteiger partial charge in [0.1, 0.15) is 30.5 Å². The van der Waals surface area contributed by atoms with E-state index in [2.05, 4.69) is 30.2 Å². The Labute approximate surface area is 391 Å². The van der Waals surface area contributed by atoms with E-state index < -0.39 is 59.8 Å². The fourth-order valence-electron chi connectivity index (χ4n) is 8.38. The van der Waals surface area contributed by atoms with Crippen LogP contribution in [0.5, 0.6) is 0 Å². The summed E-state index contributed by atoms with van der Waals surface area (Å²) in [5.74, 6) is -0.396. The molecule has 0 bridgehead atoms. The molecule has 64 heavy (non-hydrogen) atoms. The first-order chi connectivity index (χ1) is 31.1. The molecule has 0 aliphatic carbocycles. The summed E-state index contributed by atoms with van der Waals surface area (Å²) >= 11 is 0. The molecule has 12 nitrogen and oxygen atoms in total. The van der Waals surface area contributed by atoms with Crippen LogP contribution in [0.25, 0.3) is 0 Å². The first-order valence-electron chi connectivity index (χ1n) is 26.4. The van der Waals surface area contributed by atoms with Crippen molar-refractivity contribution in [2.24, 2.45) is 0 Å². The second-order valence-corrected chi connectivity index (χ2v) is 19.5. The molecule has 0 amide bonds. The highest BCUT2D eigenvalue weighted by atomic mass is 32.3. The van der Waals surface area contributed by atoms with E-state index in [9.17, 15) is 33.1 Å². The van der Waals surface area contributed by atoms with Crippen LogP contribution in [0.2, 0.25) is 0 Å². The smallest absolute Gasteiger partial charge is 0.397 e. The first kappa shape index (κ1) is 60.9. The molecule has 0 radical (unpaired) electrons. The summed E-state index contributed by atoms with van der Waals surface area (Å²) < 4.78 is 59.3. The lowest BCUT2D eigenvalue weighted by atomic mass is 9.99. The third kappa shape index (κ3) is 36.0. The summed E-state index contributed by atoms with van der Waals surface area (Å²) in [5.41, 5.74) is 0. The lowest BCUT2D eigenvalue weighted by molar-refractivity contribution is -0.301. The number of hydrogen-bond acceptors (Lipinski definition) is 11. The Kier molecular flexibility index (Phi) is 41.0. The Balaban J connectivity index is 2.33. The maximum absolute atomic E-state index is 12.9. The van der Waals surface area contributed by atoms with Crippen molar-refractivity contribution < 1.29 is 56.2 Å². The van der Waals surface area contributed by atoms with E-state index in [1.165, 1.54) is 180 Å². The molecule has 1 fully saturated rings. The maximum Gasteiger partial charge on any atom is 0.397 e. The number of hydrogen-bond donors (Lipinski definition) is 4. The molecule has 6 atom stereocenters. The average molecular weight is 935 g/mol. The van der Waals surface area contributed by atoms with Crippen molar-refractivity contribution >= 4 is 16.4 Å². The van der Waals surface area contributed by atoms with Gasteiger partial charge in [-0.25, -0.2) is 4.18 Å². The number of carbonyl (C=O) groups excluding carboxylic acids is 1. The minimum atomic E-state index is -5.06. The maximum atomic E-state index is 12.9. The highest BCUT2D eigenvalue weighted by Crippen LogP contribution is 2.26. The van der Waals surface area contributed by atoms with Gasteiger partial charge in [-0.15, -0.1) is 0 Å². The topological polar surface area (TPSA) is 178 Å². The fraction of sp³-hybridized carbons (Fsp3) is 0.941. The molecule has 0 aromatic heterocycles. The number of ether oxygens (including phenoxy) is 4. The molecule has 0 spiro atoms. The number of unbranched alkanes of at least 4 members (excludes halogenated alkanes) is 32. The normalized spacial score (nSPS) is 19.8. The van der Waals surface area contributed by atoms with Crippen LogP contribution in [0.3, 0.4) is 0 Å².